The Labute approximate surface area is 150 Å². The van der Waals surface area contributed by atoms with Gasteiger partial charge in [-0.1, -0.05) is 39.0 Å². The van der Waals surface area contributed by atoms with Gasteiger partial charge < -0.3 is 5.11 Å². The number of phenols is 1. The predicted octanol–water partition coefficient (Wildman–Crippen LogP) is 5.47. The van der Waals surface area contributed by atoms with Crippen LogP contribution < -0.4 is 0 Å². The first-order chi connectivity index (χ1) is 12.7. The second-order valence-electron chi connectivity index (χ2n) is 7.33. The Balaban J connectivity index is 2.03. The van der Waals surface area contributed by atoms with Crippen molar-refractivity contribution in [1.29, 1.82) is 0 Å². The van der Waals surface area contributed by atoms with Gasteiger partial charge in [-0.3, -0.25) is 4.57 Å². The summed E-state index contributed by atoms with van der Waals surface area (Å²) in [4.78, 5) is 4.52. The molecule has 0 radical (unpaired) electrons. The minimum absolute atomic E-state index is 0.188. The second-order valence-corrected chi connectivity index (χ2v) is 7.33. The summed E-state index contributed by atoms with van der Waals surface area (Å²) in [6.07, 6.45) is 0.142. The third-order valence-electron chi connectivity index (χ3n) is 4.15. The summed E-state index contributed by atoms with van der Waals surface area (Å²) in [6, 6.07) is 16.9. The molecule has 0 spiro atoms. The van der Waals surface area contributed by atoms with Gasteiger partial charge >= 0.3 is 0 Å². The Kier molecular flexibility index (Phi) is 3.03. The van der Waals surface area contributed by atoms with Crippen molar-refractivity contribution < 1.29 is 7.85 Å². The highest BCUT2D eigenvalue weighted by Crippen LogP contribution is 2.33. The molecular weight excluding hydrogens is 308 g/mol. The number of benzene rings is 2. The number of aromatic nitrogens is 2. The number of pyridine rings is 1. The maximum absolute atomic E-state index is 10.0. The average Bonchev–Trinajstić information content (AvgIpc) is 2.94. The van der Waals surface area contributed by atoms with Gasteiger partial charge in [-0.05, 0) is 47.7 Å². The maximum atomic E-state index is 10.0. The van der Waals surface area contributed by atoms with Crippen LogP contribution in [0.25, 0.3) is 27.6 Å². The van der Waals surface area contributed by atoms with E-state index in [4.69, 9.17) is 2.74 Å². The molecule has 3 nitrogen and oxygen atoms in total. The quantitative estimate of drug-likeness (QED) is 0.528. The molecule has 2 heterocycles. The van der Waals surface area contributed by atoms with Crippen molar-refractivity contribution in [1.82, 2.24) is 9.55 Å². The maximum Gasteiger partial charge on any atom is 0.137 e. The number of nitrogens with zero attached hydrogens (tertiary/aromatic N) is 2. The van der Waals surface area contributed by atoms with Crippen molar-refractivity contribution in [3.8, 4) is 11.6 Å². The monoisotopic (exact) mass is 332 g/mol. The van der Waals surface area contributed by atoms with Crippen molar-refractivity contribution in [3.05, 3.63) is 66.4 Å². The highest BCUT2D eigenvalue weighted by atomic mass is 16.3. The number of phenolic OH excluding ortho intramolecular Hbond substituents is 1. The summed E-state index contributed by atoms with van der Waals surface area (Å²) >= 11 is 0. The van der Waals surface area contributed by atoms with E-state index in [0.29, 0.717) is 11.4 Å². The molecule has 0 bridgehead atoms. The number of para-hydroxylation sites is 1. The molecule has 0 fully saturated rings. The highest BCUT2D eigenvalue weighted by Gasteiger charge is 2.15. The van der Waals surface area contributed by atoms with Gasteiger partial charge in [0.2, 0.25) is 0 Å². The molecule has 3 heteroatoms. The Hall–Kier alpha value is -2.81. The first kappa shape index (κ1) is 13.5. The zero-order valence-corrected chi connectivity index (χ0v) is 14.6. The van der Waals surface area contributed by atoms with Gasteiger partial charge in [0.15, 0.2) is 0 Å². The first-order valence-corrected chi connectivity index (χ1v) is 8.39. The van der Waals surface area contributed by atoms with Gasteiger partial charge in [-0.2, -0.15) is 0 Å². The summed E-state index contributed by atoms with van der Waals surface area (Å²) in [5, 5.41) is 12.1. The largest absolute Gasteiger partial charge is 0.508 e. The van der Waals surface area contributed by atoms with Gasteiger partial charge in [-0.25, -0.2) is 4.98 Å². The van der Waals surface area contributed by atoms with E-state index < -0.39 is 11.8 Å². The van der Waals surface area contributed by atoms with E-state index in [-0.39, 0.29) is 5.75 Å². The molecule has 0 aliphatic heterocycles. The lowest BCUT2D eigenvalue weighted by molar-refractivity contribution is 0.411. The number of hydrogen-bond donors (Lipinski definition) is 1. The van der Waals surface area contributed by atoms with Crippen molar-refractivity contribution in [2.24, 2.45) is 5.41 Å². The van der Waals surface area contributed by atoms with Crippen LogP contribution in [-0.2, 0) is 6.37 Å². The average molecular weight is 332 g/mol. The summed E-state index contributed by atoms with van der Waals surface area (Å²) in [5.41, 5.74) is 1.85. The van der Waals surface area contributed by atoms with Gasteiger partial charge in [0.25, 0.3) is 0 Å². The van der Waals surface area contributed by atoms with Crippen molar-refractivity contribution in [2.75, 3.05) is 0 Å². The van der Waals surface area contributed by atoms with Gasteiger partial charge in [-0.15, -0.1) is 0 Å². The van der Waals surface area contributed by atoms with Gasteiger partial charge in [0.05, 0.1) is 11.0 Å². The molecule has 0 unspecified atom stereocenters. The highest BCUT2D eigenvalue weighted by molar-refractivity contribution is 6.09. The molecule has 0 saturated heterocycles. The van der Waals surface area contributed by atoms with E-state index in [1.807, 2.05) is 55.7 Å². The summed E-state index contributed by atoms with van der Waals surface area (Å²) < 4.78 is 19.2. The molecule has 0 amide bonds. The fourth-order valence-corrected chi connectivity index (χ4v) is 3.26. The number of hydrogen-bond acceptors (Lipinski definition) is 2. The minimum atomic E-state index is -1.51. The molecule has 4 aromatic rings. The van der Waals surface area contributed by atoms with Crippen LogP contribution in [0.2, 0.25) is 0 Å². The summed E-state index contributed by atoms with van der Waals surface area (Å²) in [7, 11) is 0. The van der Waals surface area contributed by atoms with Crippen LogP contribution in [0.4, 0.5) is 0 Å². The van der Waals surface area contributed by atoms with Crippen LogP contribution in [0.3, 0.4) is 0 Å². The van der Waals surface area contributed by atoms with E-state index in [1.54, 1.807) is 30.5 Å². The molecule has 0 saturated carbocycles. The Morgan fingerprint density at radius 3 is 2.56 bits per heavy atom. The van der Waals surface area contributed by atoms with Gasteiger partial charge in [0, 0.05) is 25.8 Å². The van der Waals surface area contributed by atoms with Crippen molar-refractivity contribution >= 4 is 21.8 Å². The van der Waals surface area contributed by atoms with Crippen LogP contribution >= 0.6 is 0 Å². The van der Waals surface area contributed by atoms with Gasteiger partial charge in [0.1, 0.15) is 11.6 Å². The van der Waals surface area contributed by atoms with E-state index >= 15 is 0 Å². The SMILES string of the molecule is [2H]C([2H])(c1ccnc(-n2c3ccccc3c3ccc(O)cc32)c1)C(C)(C)C. The van der Waals surface area contributed by atoms with Crippen LogP contribution in [0.1, 0.15) is 29.1 Å². The van der Waals surface area contributed by atoms with E-state index in [2.05, 4.69) is 4.98 Å². The molecule has 25 heavy (non-hydrogen) atoms. The standard InChI is InChI=1S/C22H22N2O/c1-22(2,3)14-15-10-11-23-21(12-15)24-19-7-5-4-6-17(19)18-9-8-16(25)13-20(18)24/h4-13,25H,14H2,1-3H3/i14D2. The van der Waals surface area contributed by atoms with Crippen LogP contribution in [0.5, 0.6) is 5.75 Å². The Bertz CT molecular complexity index is 1160. The normalized spacial score (nSPS) is 13.9. The van der Waals surface area contributed by atoms with Crippen LogP contribution in [0.15, 0.2) is 60.8 Å². The fraction of sp³-hybridized carbons (Fsp3) is 0.227. The minimum Gasteiger partial charge on any atom is -0.508 e. The summed E-state index contributed by atoms with van der Waals surface area (Å²) in [5.74, 6) is 0.824. The smallest absolute Gasteiger partial charge is 0.137 e. The van der Waals surface area contributed by atoms with Crippen LogP contribution in [0, 0.1) is 5.41 Å². The number of fused-ring (bicyclic) bond motifs is 3. The number of rotatable bonds is 2. The summed E-state index contributed by atoms with van der Waals surface area (Å²) in [6.45, 7) is 5.68. The molecule has 0 atom stereocenters. The van der Waals surface area contributed by atoms with Crippen LogP contribution in [-0.4, -0.2) is 14.7 Å². The molecule has 4 rings (SSSR count). The fourth-order valence-electron chi connectivity index (χ4n) is 3.26. The van der Waals surface area contributed by atoms with Crippen molar-refractivity contribution in [2.45, 2.75) is 27.1 Å². The molecule has 0 aliphatic rings. The molecule has 126 valence electrons. The molecule has 2 aromatic carbocycles. The molecule has 0 aliphatic carbocycles. The second kappa shape index (κ2) is 5.62. The Morgan fingerprint density at radius 2 is 1.76 bits per heavy atom. The lowest BCUT2D eigenvalue weighted by atomic mass is 9.88. The topological polar surface area (TPSA) is 38.0 Å². The lowest BCUT2D eigenvalue weighted by Gasteiger charge is -2.18. The zero-order valence-electron chi connectivity index (χ0n) is 16.6. The van der Waals surface area contributed by atoms with E-state index in [0.717, 1.165) is 21.8 Å². The Morgan fingerprint density at radius 1 is 1.00 bits per heavy atom. The first-order valence-electron chi connectivity index (χ1n) is 9.39. The predicted molar refractivity (Wildman–Crippen MR) is 103 cm³/mol. The zero-order chi connectivity index (χ0) is 19.4. The number of aromatic hydroxyl groups is 1. The third kappa shape index (κ3) is 2.86. The van der Waals surface area contributed by atoms with E-state index in [1.165, 1.54) is 0 Å². The lowest BCUT2D eigenvalue weighted by Crippen LogP contribution is -2.10. The van der Waals surface area contributed by atoms with E-state index in [9.17, 15) is 5.11 Å². The molecule has 1 N–H and O–H groups in total. The third-order valence-corrected chi connectivity index (χ3v) is 4.15. The molecule has 2 aromatic heterocycles. The van der Waals surface area contributed by atoms with Crippen molar-refractivity contribution in [3.63, 3.8) is 0 Å². The molecular formula is C22H22N2O.